The molecule has 152 valence electrons. The molecule has 2 aromatic rings. The minimum Gasteiger partial charge on any atom is -0.482 e. The van der Waals surface area contributed by atoms with E-state index in [2.05, 4.69) is 31.2 Å². The summed E-state index contributed by atoms with van der Waals surface area (Å²) in [6, 6.07) is 16.1. The van der Waals surface area contributed by atoms with E-state index in [-0.39, 0.29) is 24.5 Å². The van der Waals surface area contributed by atoms with Gasteiger partial charge in [0.2, 0.25) is 5.91 Å². The number of carbonyl (C=O) groups excluding carboxylic acids is 2. The van der Waals surface area contributed by atoms with E-state index < -0.39 is 0 Å². The van der Waals surface area contributed by atoms with Crippen LogP contribution in [0.25, 0.3) is 0 Å². The molecule has 1 atom stereocenters. The molecule has 0 spiro atoms. The van der Waals surface area contributed by atoms with Crippen LogP contribution < -0.4 is 9.64 Å². The van der Waals surface area contributed by atoms with Crippen molar-refractivity contribution in [2.24, 2.45) is 0 Å². The average Bonchev–Trinajstić information content (AvgIpc) is 2.99. The zero-order valence-electron chi connectivity index (χ0n) is 17.0. The van der Waals surface area contributed by atoms with Crippen LogP contribution in [0.4, 0.5) is 5.69 Å². The third-order valence-corrected chi connectivity index (χ3v) is 5.86. The van der Waals surface area contributed by atoms with Crippen LogP contribution >= 0.6 is 0 Å². The number of carbonyl (C=O) groups is 2. The standard InChI is InChI=1S/C24H28N2O3/c1-18-8-7-9-19(16-18)20-10-3-2-6-14-25(20)23(27)13-15-26-21-11-4-5-12-22(21)29-17-24(26)28/h4-5,7-9,11-12,16,20H,2-3,6,10,13-15,17H2,1H3. The van der Waals surface area contributed by atoms with Gasteiger partial charge in [0, 0.05) is 19.5 Å². The van der Waals surface area contributed by atoms with Crippen molar-refractivity contribution in [1.29, 1.82) is 0 Å². The van der Waals surface area contributed by atoms with Crippen LogP contribution in [0.5, 0.6) is 5.75 Å². The molecule has 0 saturated carbocycles. The summed E-state index contributed by atoms with van der Waals surface area (Å²) in [4.78, 5) is 29.4. The zero-order valence-corrected chi connectivity index (χ0v) is 17.0. The van der Waals surface area contributed by atoms with Gasteiger partial charge >= 0.3 is 0 Å². The Morgan fingerprint density at radius 1 is 1.10 bits per heavy atom. The SMILES string of the molecule is Cc1cccc(C2CCCCCN2C(=O)CCN2C(=O)COc3ccccc32)c1. The highest BCUT2D eigenvalue weighted by molar-refractivity contribution is 5.98. The maximum absolute atomic E-state index is 13.2. The van der Waals surface area contributed by atoms with Gasteiger partial charge in [-0.3, -0.25) is 9.59 Å². The highest BCUT2D eigenvalue weighted by atomic mass is 16.5. The lowest BCUT2D eigenvalue weighted by Crippen LogP contribution is -2.42. The number of amides is 2. The van der Waals surface area contributed by atoms with Gasteiger partial charge in [0.05, 0.1) is 11.7 Å². The Morgan fingerprint density at radius 2 is 1.97 bits per heavy atom. The van der Waals surface area contributed by atoms with Crippen molar-refractivity contribution in [2.75, 3.05) is 24.6 Å². The third-order valence-electron chi connectivity index (χ3n) is 5.86. The van der Waals surface area contributed by atoms with Crippen molar-refractivity contribution in [3.8, 4) is 5.75 Å². The van der Waals surface area contributed by atoms with E-state index in [1.165, 1.54) is 11.1 Å². The van der Waals surface area contributed by atoms with E-state index >= 15 is 0 Å². The summed E-state index contributed by atoms with van der Waals surface area (Å²) in [6.45, 7) is 3.29. The molecule has 0 bridgehead atoms. The predicted molar refractivity (Wildman–Crippen MR) is 113 cm³/mol. The Hall–Kier alpha value is -2.82. The Balaban J connectivity index is 1.50. The van der Waals surface area contributed by atoms with E-state index in [0.29, 0.717) is 18.7 Å². The van der Waals surface area contributed by atoms with Crippen LogP contribution in [-0.2, 0) is 9.59 Å². The second-order valence-corrected chi connectivity index (χ2v) is 7.92. The molecule has 2 aromatic carbocycles. The lowest BCUT2D eigenvalue weighted by atomic mass is 9.99. The summed E-state index contributed by atoms with van der Waals surface area (Å²) in [5.74, 6) is 0.727. The molecule has 1 saturated heterocycles. The lowest BCUT2D eigenvalue weighted by molar-refractivity contribution is -0.133. The van der Waals surface area contributed by atoms with Crippen LogP contribution in [-0.4, -0.2) is 36.4 Å². The van der Waals surface area contributed by atoms with E-state index in [4.69, 9.17) is 4.74 Å². The molecule has 2 aliphatic rings. The normalized spacial score (nSPS) is 19.3. The molecule has 2 heterocycles. The molecule has 5 heteroatoms. The number of benzene rings is 2. The number of aryl methyl sites for hydroxylation is 1. The van der Waals surface area contributed by atoms with E-state index in [9.17, 15) is 9.59 Å². The number of anilines is 1. The number of ether oxygens (including phenoxy) is 1. The molecular weight excluding hydrogens is 364 g/mol. The first-order valence-corrected chi connectivity index (χ1v) is 10.5. The summed E-state index contributed by atoms with van der Waals surface area (Å²) in [5, 5.41) is 0. The summed E-state index contributed by atoms with van der Waals surface area (Å²) in [7, 11) is 0. The smallest absolute Gasteiger partial charge is 0.265 e. The summed E-state index contributed by atoms with van der Waals surface area (Å²) in [6.07, 6.45) is 4.64. The zero-order chi connectivity index (χ0) is 20.2. The Morgan fingerprint density at radius 3 is 2.83 bits per heavy atom. The Kier molecular flexibility index (Phi) is 5.84. The molecule has 0 N–H and O–H groups in total. The van der Waals surface area contributed by atoms with Gasteiger partial charge < -0.3 is 14.5 Å². The Bertz CT molecular complexity index is 895. The van der Waals surface area contributed by atoms with E-state index in [0.717, 1.165) is 37.9 Å². The van der Waals surface area contributed by atoms with Gasteiger partial charge in [-0.1, -0.05) is 54.8 Å². The van der Waals surface area contributed by atoms with Crippen molar-refractivity contribution in [3.05, 3.63) is 59.7 Å². The number of hydrogen-bond donors (Lipinski definition) is 0. The molecule has 0 aliphatic carbocycles. The highest BCUT2D eigenvalue weighted by Gasteiger charge is 2.29. The fourth-order valence-corrected chi connectivity index (χ4v) is 4.38. The number of fused-ring (bicyclic) bond motifs is 1. The van der Waals surface area contributed by atoms with Crippen LogP contribution in [0.2, 0.25) is 0 Å². The van der Waals surface area contributed by atoms with Gasteiger partial charge in [0.1, 0.15) is 5.75 Å². The molecule has 4 rings (SSSR count). The molecule has 2 aliphatic heterocycles. The van der Waals surface area contributed by atoms with Gasteiger partial charge in [0.25, 0.3) is 5.91 Å². The molecule has 29 heavy (non-hydrogen) atoms. The molecule has 0 aromatic heterocycles. The van der Waals surface area contributed by atoms with Gasteiger partial charge in [-0.2, -0.15) is 0 Å². The number of likely N-dealkylation sites (tertiary alicyclic amines) is 1. The average molecular weight is 392 g/mol. The first kappa shape index (κ1) is 19.5. The molecule has 1 unspecified atom stereocenters. The maximum atomic E-state index is 13.2. The molecule has 0 radical (unpaired) electrons. The van der Waals surface area contributed by atoms with E-state index in [1.807, 2.05) is 29.2 Å². The molecule has 5 nitrogen and oxygen atoms in total. The van der Waals surface area contributed by atoms with Crippen molar-refractivity contribution in [3.63, 3.8) is 0 Å². The van der Waals surface area contributed by atoms with Crippen molar-refractivity contribution in [2.45, 2.75) is 45.1 Å². The highest BCUT2D eigenvalue weighted by Crippen LogP contribution is 2.33. The number of nitrogens with zero attached hydrogens (tertiary/aromatic N) is 2. The van der Waals surface area contributed by atoms with Gasteiger partial charge in [-0.15, -0.1) is 0 Å². The fourth-order valence-electron chi connectivity index (χ4n) is 4.38. The summed E-state index contributed by atoms with van der Waals surface area (Å²) < 4.78 is 5.51. The van der Waals surface area contributed by atoms with Gasteiger partial charge in [-0.05, 0) is 37.5 Å². The Labute approximate surface area is 172 Å². The second-order valence-electron chi connectivity index (χ2n) is 7.92. The number of para-hydroxylation sites is 2. The minimum absolute atomic E-state index is 0.0286. The van der Waals surface area contributed by atoms with Crippen LogP contribution in [0, 0.1) is 6.92 Å². The van der Waals surface area contributed by atoms with Gasteiger partial charge in [-0.25, -0.2) is 0 Å². The second kappa shape index (κ2) is 8.68. The fraction of sp³-hybridized carbons (Fsp3) is 0.417. The first-order valence-electron chi connectivity index (χ1n) is 10.5. The lowest BCUT2D eigenvalue weighted by Gasteiger charge is -2.33. The largest absolute Gasteiger partial charge is 0.482 e. The van der Waals surface area contributed by atoms with Crippen LogP contribution in [0.1, 0.15) is 49.3 Å². The quantitative estimate of drug-likeness (QED) is 0.781. The van der Waals surface area contributed by atoms with Crippen molar-refractivity contribution < 1.29 is 14.3 Å². The molecular formula is C24H28N2O3. The summed E-state index contributed by atoms with van der Waals surface area (Å²) in [5.41, 5.74) is 3.19. The maximum Gasteiger partial charge on any atom is 0.265 e. The van der Waals surface area contributed by atoms with E-state index in [1.54, 1.807) is 4.90 Å². The molecule has 1 fully saturated rings. The molecule has 2 amide bonds. The topological polar surface area (TPSA) is 49.9 Å². The van der Waals surface area contributed by atoms with Crippen LogP contribution in [0.15, 0.2) is 48.5 Å². The summed E-state index contributed by atoms with van der Waals surface area (Å²) >= 11 is 0. The first-order chi connectivity index (χ1) is 14.1. The van der Waals surface area contributed by atoms with Crippen molar-refractivity contribution >= 4 is 17.5 Å². The third kappa shape index (κ3) is 4.29. The van der Waals surface area contributed by atoms with Gasteiger partial charge in [0.15, 0.2) is 6.61 Å². The van der Waals surface area contributed by atoms with Crippen LogP contribution in [0.3, 0.4) is 0 Å². The number of hydrogen-bond acceptors (Lipinski definition) is 3. The predicted octanol–water partition coefficient (Wildman–Crippen LogP) is 4.25. The van der Waals surface area contributed by atoms with Crippen molar-refractivity contribution in [1.82, 2.24) is 4.90 Å². The number of rotatable bonds is 4. The minimum atomic E-state index is -0.0948. The monoisotopic (exact) mass is 392 g/mol.